The average Bonchev–Trinajstić information content (AvgIpc) is 2.62. The van der Waals surface area contributed by atoms with E-state index in [1.54, 1.807) is 0 Å². The Morgan fingerprint density at radius 1 is 1.18 bits per heavy atom. The predicted octanol–water partition coefficient (Wildman–Crippen LogP) is -0.976. The van der Waals surface area contributed by atoms with Gasteiger partial charge in [0.15, 0.2) is 5.96 Å². The normalized spacial score (nSPS) is 15.6. The van der Waals surface area contributed by atoms with E-state index in [1.165, 1.54) is 0 Å². The van der Waals surface area contributed by atoms with Crippen LogP contribution in [0.4, 0.5) is 0 Å². The Morgan fingerprint density at radius 2 is 1.86 bits per heavy atom. The summed E-state index contributed by atoms with van der Waals surface area (Å²) in [4.78, 5) is 29.3. The van der Waals surface area contributed by atoms with Crippen molar-refractivity contribution in [2.24, 2.45) is 21.9 Å². The molecule has 1 fully saturated rings. The van der Waals surface area contributed by atoms with Gasteiger partial charge in [-0.1, -0.05) is 36.8 Å². The maximum absolute atomic E-state index is 12.8. The smallest absolute Gasteiger partial charge is 0.426 e. The van der Waals surface area contributed by atoms with Crippen LogP contribution < -0.4 is 22.1 Å². The Labute approximate surface area is 164 Å². The number of carbonyl (C=O) groups excluding carboxylic acids is 2. The van der Waals surface area contributed by atoms with Crippen LogP contribution in [-0.4, -0.2) is 47.4 Å². The van der Waals surface area contributed by atoms with Gasteiger partial charge in [0, 0.05) is 13.1 Å². The number of rotatable bonds is 10. The molecule has 152 valence electrons. The Hall–Kier alpha value is -2.59. The Kier molecular flexibility index (Phi) is 7.83. The van der Waals surface area contributed by atoms with E-state index in [9.17, 15) is 19.6 Å². The largest absolute Gasteiger partial charge is 0.475 e. The van der Waals surface area contributed by atoms with Crippen molar-refractivity contribution in [1.82, 2.24) is 10.6 Å². The third kappa shape index (κ3) is 5.70. The molecular formula is C18H28BN5O4. The third-order valence-electron chi connectivity index (χ3n) is 5.02. The van der Waals surface area contributed by atoms with E-state index in [0.717, 1.165) is 12.0 Å². The second-order valence-corrected chi connectivity index (χ2v) is 7.05. The molecule has 0 spiro atoms. The first-order chi connectivity index (χ1) is 13.3. The highest BCUT2D eigenvalue weighted by Crippen LogP contribution is 2.41. The number of carbonyl (C=O) groups is 2. The molecule has 0 radical (unpaired) electrons. The zero-order valence-electron chi connectivity index (χ0n) is 15.8. The lowest BCUT2D eigenvalue weighted by molar-refractivity contribution is -0.150. The molecule has 10 heteroatoms. The number of nitrogens with one attached hydrogen (secondary N) is 2. The van der Waals surface area contributed by atoms with Crippen molar-refractivity contribution in [3.8, 4) is 0 Å². The van der Waals surface area contributed by atoms with Crippen molar-refractivity contribution >= 4 is 24.9 Å². The van der Waals surface area contributed by atoms with E-state index in [2.05, 4.69) is 15.6 Å². The maximum atomic E-state index is 12.8. The summed E-state index contributed by atoms with van der Waals surface area (Å²) in [6.07, 6.45) is 2.35. The lowest BCUT2D eigenvalue weighted by Gasteiger charge is -2.39. The van der Waals surface area contributed by atoms with E-state index >= 15 is 0 Å². The van der Waals surface area contributed by atoms with Gasteiger partial charge in [0.05, 0.1) is 5.94 Å². The molecule has 0 saturated heterocycles. The highest BCUT2D eigenvalue weighted by molar-refractivity contribution is 6.43. The molecular weight excluding hydrogens is 361 g/mol. The maximum Gasteiger partial charge on any atom is 0.475 e. The summed E-state index contributed by atoms with van der Waals surface area (Å²) >= 11 is 0. The van der Waals surface area contributed by atoms with Gasteiger partial charge in [0.2, 0.25) is 11.8 Å². The van der Waals surface area contributed by atoms with Gasteiger partial charge in [0.1, 0.15) is 5.41 Å². The summed E-state index contributed by atoms with van der Waals surface area (Å²) in [6.45, 7) is 0.642. The summed E-state index contributed by atoms with van der Waals surface area (Å²) in [6, 6.07) is 9.43. The standard InChI is InChI=1S/C18H28BN5O4/c20-17(21)22-11-4-8-14(19(27)28)24-16(26)18(9-5-10-18)15(25)23-12-13-6-2-1-3-7-13/h1-3,6-7,14,27-28H,4-5,8-12H2,(H,23,25)(H,24,26)(H4,20,21,22). The van der Waals surface area contributed by atoms with Gasteiger partial charge in [-0.2, -0.15) is 0 Å². The minimum absolute atomic E-state index is 0.0476. The Balaban J connectivity index is 1.93. The lowest BCUT2D eigenvalue weighted by Crippen LogP contribution is -2.59. The highest BCUT2D eigenvalue weighted by Gasteiger charge is 2.51. The van der Waals surface area contributed by atoms with E-state index in [-0.39, 0.29) is 18.3 Å². The van der Waals surface area contributed by atoms with E-state index in [0.29, 0.717) is 32.4 Å². The fourth-order valence-electron chi connectivity index (χ4n) is 3.16. The van der Waals surface area contributed by atoms with Crippen molar-refractivity contribution in [3.63, 3.8) is 0 Å². The fraction of sp³-hybridized carbons (Fsp3) is 0.500. The predicted molar refractivity (Wildman–Crippen MR) is 107 cm³/mol. The van der Waals surface area contributed by atoms with Gasteiger partial charge in [0.25, 0.3) is 0 Å². The molecule has 2 amide bonds. The quantitative estimate of drug-likeness (QED) is 0.0991. The van der Waals surface area contributed by atoms with Crippen LogP contribution in [-0.2, 0) is 16.1 Å². The second-order valence-electron chi connectivity index (χ2n) is 7.05. The SMILES string of the molecule is NC(N)=NCCCC(NC(=O)C1(C(=O)NCc2ccccc2)CCC1)B(O)O. The molecule has 0 aliphatic heterocycles. The van der Waals surface area contributed by atoms with E-state index in [4.69, 9.17) is 11.5 Å². The zero-order valence-corrected chi connectivity index (χ0v) is 15.8. The van der Waals surface area contributed by atoms with Crippen LogP contribution in [0.5, 0.6) is 0 Å². The van der Waals surface area contributed by atoms with Crippen molar-refractivity contribution in [2.75, 3.05) is 6.54 Å². The lowest BCUT2D eigenvalue weighted by atomic mass is 9.66. The van der Waals surface area contributed by atoms with Crippen LogP contribution in [0.25, 0.3) is 0 Å². The zero-order chi connectivity index (χ0) is 20.6. The molecule has 1 aliphatic carbocycles. The van der Waals surface area contributed by atoms with Crippen LogP contribution in [0.3, 0.4) is 0 Å². The van der Waals surface area contributed by atoms with Gasteiger partial charge in [-0.25, -0.2) is 0 Å². The van der Waals surface area contributed by atoms with Crippen molar-refractivity contribution in [2.45, 2.75) is 44.6 Å². The van der Waals surface area contributed by atoms with Gasteiger partial charge in [-0.15, -0.1) is 0 Å². The Morgan fingerprint density at radius 3 is 2.39 bits per heavy atom. The molecule has 0 aromatic heterocycles. The molecule has 28 heavy (non-hydrogen) atoms. The number of nitrogens with zero attached hydrogens (tertiary/aromatic N) is 1. The number of hydrogen-bond donors (Lipinski definition) is 6. The van der Waals surface area contributed by atoms with Gasteiger partial charge in [-0.3, -0.25) is 14.6 Å². The number of aliphatic imine (C=N–C) groups is 1. The third-order valence-corrected chi connectivity index (χ3v) is 5.02. The van der Waals surface area contributed by atoms with Crippen LogP contribution in [0.2, 0.25) is 0 Å². The molecule has 0 bridgehead atoms. The molecule has 1 aromatic rings. The summed E-state index contributed by atoms with van der Waals surface area (Å²) in [5.74, 6) is -1.77. The molecule has 1 unspecified atom stereocenters. The molecule has 0 heterocycles. The number of nitrogens with two attached hydrogens (primary N) is 2. The first kappa shape index (κ1) is 21.7. The monoisotopic (exact) mass is 389 g/mol. The Bertz CT molecular complexity index is 690. The molecule has 2 rings (SSSR count). The molecule has 1 aromatic carbocycles. The van der Waals surface area contributed by atoms with Gasteiger partial charge in [-0.05, 0) is 31.2 Å². The van der Waals surface area contributed by atoms with Crippen LogP contribution in [0, 0.1) is 5.41 Å². The average molecular weight is 389 g/mol. The second kappa shape index (κ2) is 10.1. The number of guanidine groups is 1. The molecule has 1 atom stereocenters. The van der Waals surface area contributed by atoms with Gasteiger partial charge >= 0.3 is 7.12 Å². The fourth-order valence-corrected chi connectivity index (χ4v) is 3.16. The first-order valence-electron chi connectivity index (χ1n) is 9.40. The minimum atomic E-state index is -1.74. The van der Waals surface area contributed by atoms with Crippen molar-refractivity contribution < 1.29 is 19.6 Å². The summed E-state index contributed by atoms with van der Waals surface area (Å²) in [7, 11) is -1.74. The van der Waals surface area contributed by atoms with E-state index < -0.39 is 24.4 Å². The topological polar surface area (TPSA) is 163 Å². The molecule has 9 nitrogen and oxygen atoms in total. The molecule has 1 saturated carbocycles. The number of amides is 2. The van der Waals surface area contributed by atoms with Crippen molar-refractivity contribution in [1.29, 1.82) is 0 Å². The van der Waals surface area contributed by atoms with Crippen LogP contribution >= 0.6 is 0 Å². The number of hydrogen-bond acceptors (Lipinski definition) is 5. The summed E-state index contributed by atoms with van der Waals surface area (Å²) < 4.78 is 0. The van der Waals surface area contributed by atoms with E-state index in [1.807, 2.05) is 30.3 Å². The summed E-state index contributed by atoms with van der Waals surface area (Å²) in [5, 5.41) is 24.6. The highest BCUT2D eigenvalue weighted by atomic mass is 16.4. The van der Waals surface area contributed by atoms with Crippen LogP contribution in [0.1, 0.15) is 37.7 Å². The number of benzene rings is 1. The molecule has 8 N–H and O–H groups in total. The summed E-state index contributed by atoms with van der Waals surface area (Å²) in [5.41, 5.74) is 10.3. The first-order valence-corrected chi connectivity index (χ1v) is 9.40. The minimum Gasteiger partial charge on any atom is -0.426 e. The molecule has 1 aliphatic rings. The van der Waals surface area contributed by atoms with Gasteiger partial charge < -0.3 is 32.1 Å². The van der Waals surface area contributed by atoms with Crippen LogP contribution in [0.15, 0.2) is 35.3 Å². The van der Waals surface area contributed by atoms with Crippen molar-refractivity contribution in [3.05, 3.63) is 35.9 Å².